The van der Waals surface area contributed by atoms with E-state index in [0.717, 1.165) is 0 Å². The Bertz CT molecular complexity index is 735. The lowest BCUT2D eigenvalue weighted by Crippen LogP contribution is -2.13. The molecule has 0 aliphatic rings. The van der Waals surface area contributed by atoms with Gasteiger partial charge in [-0.05, 0) is 30.3 Å². The Labute approximate surface area is 145 Å². The van der Waals surface area contributed by atoms with Crippen LogP contribution in [0, 0.1) is 11.3 Å². The van der Waals surface area contributed by atoms with E-state index < -0.39 is 11.7 Å². The fraction of sp³-hybridized carbons (Fsp3) is 0.0667. The molecule has 0 heterocycles. The highest BCUT2D eigenvalue weighted by Crippen LogP contribution is 2.35. The number of hydrogen-bond acceptors (Lipinski definition) is 2. The zero-order chi connectivity index (χ0) is 15.6. The van der Waals surface area contributed by atoms with E-state index in [9.17, 15) is 10.1 Å². The van der Waals surface area contributed by atoms with Crippen molar-refractivity contribution >= 4 is 56.5 Å². The van der Waals surface area contributed by atoms with Gasteiger partial charge >= 0.3 is 0 Å². The van der Waals surface area contributed by atoms with E-state index in [1.165, 1.54) is 6.07 Å². The van der Waals surface area contributed by atoms with Crippen LogP contribution in [0.25, 0.3) is 0 Å². The van der Waals surface area contributed by atoms with Crippen molar-refractivity contribution in [1.29, 1.82) is 5.26 Å². The van der Waals surface area contributed by atoms with E-state index in [4.69, 9.17) is 34.8 Å². The van der Waals surface area contributed by atoms with Crippen molar-refractivity contribution in [3.63, 3.8) is 0 Å². The molecule has 0 aliphatic heterocycles. The summed E-state index contributed by atoms with van der Waals surface area (Å²) in [4.78, 5) is 12.6. The highest BCUT2D eigenvalue weighted by atomic mass is 79.9. The largest absolute Gasteiger partial charge is 0.292 e. The van der Waals surface area contributed by atoms with E-state index in [1.54, 1.807) is 30.3 Å². The van der Waals surface area contributed by atoms with Crippen LogP contribution >= 0.6 is 50.7 Å². The van der Waals surface area contributed by atoms with Gasteiger partial charge in [0.05, 0.1) is 6.07 Å². The molecular formula is C15H7BrCl3NO. The number of benzene rings is 2. The molecule has 0 aromatic heterocycles. The van der Waals surface area contributed by atoms with Crippen LogP contribution in [0.3, 0.4) is 0 Å². The zero-order valence-electron chi connectivity index (χ0n) is 10.4. The molecule has 6 heteroatoms. The molecular weight excluding hydrogens is 396 g/mol. The molecule has 106 valence electrons. The van der Waals surface area contributed by atoms with Gasteiger partial charge in [0.25, 0.3) is 0 Å². The Balaban J connectivity index is 2.55. The molecule has 21 heavy (non-hydrogen) atoms. The van der Waals surface area contributed by atoms with Crippen LogP contribution in [0.5, 0.6) is 0 Å². The molecule has 0 bridgehead atoms. The van der Waals surface area contributed by atoms with Gasteiger partial charge in [-0.3, -0.25) is 4.79 Å². The van der Waals surface area contributed by atoms with Crippen LogP contribution in [0.15, 0.2) is 40.9 Å². The Morgan fingerprint density at radius 2 is 1.76 bits per heavy atom. The fourth-order valence-electron chi connectivity index (χ4n) is 1.88. The average molecular weight is 403 g/mol. The van der Waals surface area contributed by atoms with E-state index >= 15 is 0 Å². The highest BCUT2D eigenvalue weighted by molar-refractivity contribution is 9.10. The second-order valence-corrected chi connectivity index (χ2v) is 6.29. The maximum Gasteiger partial charge on any atom is 0.185 e. The molecule has 2 aromatic carbocycles. The number of nitrogens with zero attached hydrogens (tertiary/aromatic N) is 1. The minimum absolute atomic E-state index is 0.278. The molecule has 0 fully saturated rings. The first kappa shape index (κ1) is 16.3. The van der Waals surface area contributed by atoms with Gasteiger partial charge in [-0.15, -0.1) is 0 Å². The van der Waals surface area contributed by atoms with Crippen LogP contribution in [0.4, 0.5) is 0 Å². The molecule has 0 amide bonds. The van der Waals surface area contributed by atoms with Crippen LogP contribution in [0.1, 0.15) is 21.8 Å². The minimum Gasteiger partial charge on any atom is -0.292 e. The number of ketones is 1. The van der Waals surface area contributed by atoms with Gasteiger partial charge in [0.1, 0.15) is 5.92 Å². The maximum absolute atomic E-state index is 12.6. The van der Waals surface area contributed by atoms with Crippen LogP contribution in [0.2, 0.25) is 15.1 Å². The summed E-state index contributed by atoms with van der Waals surface area (Å²) < 4.78 is 0.556. The minimum atomic E-state index is -1.10. The van der Waals surface area contributed by atoms with Gasteiger partial charge in [-0.1, -0.05) is 56.8 Å². The molecule has 1 unspecified atom stereocenters. The van der Waals surface area contributed by atoms with E-state index in [2.05, 4.69) is 15.9 Å². The van der Waals surface area contributed by atoms with Gasteiger partial charge in [-0.25, -0.2) is 0 Å². The third-order valence-corrected chi connectivity index (χ3v) is 4.46. The quantitative estimate of drug-likeness (QED) is 0.599. The lowest BCUT2D eigenvalue weighted by atomic mass is 9.91. The molecule has 1 atom stereocenters. The summed E-state index contributed by atoms with van der Waals surface area (Å²) in [6, 6.07) is 11.6. The van der Waals surface area contributed by atoms with Gasteiger partial charge in [0, 0.05) is 30.7 Å². The number of carbonyl (C=O) groups is 1. The average Bonchev–Trinajstić information content (AvgIpc) is 2.45. The number of nitriles is 1. The van der Waals surface area contributed by atoms with Crippen molar-refractivity contribution in [3.8, 4) is 6.07 Å². The zero-order valence-corrected chi connectivity index (χ0v) is 14.3. The van der Waals surface area contributed by atoms with Gasteiger partial charge in [-0.2, -0.15) is 5.26 Å². The summed E-state index contributed by atoms with van der Waals surface area (Å²) in [5, 5.41) is 10.3. The van der Waals surface area contributed by atoms with E-state index in [1.807, 2.05) is 6.07 Å². The van der Waals surface area contributed by atoms with Crippen molar-refractivity contribution in [1.82, 2.24) is 0 Å². The first-order valence-corrected chi connectivity index (χ1v) is 7.71. The van der Waals surface area contributed by atoms with Crippen molar-refractivity contribution in [2.75, 3.05) is 0 Å². The summed E-state index contributed by atoms with van der Waals surface area (Å²) in [5.74, 6) is -1.51. The fourth-order valence-corrected chi connectivity index (χ4v) is 3.11. The SMILES string of the molecule is N#CC(C(=O)c1cc(Cl)ccc1Br)c1c(Cl)cccc1Cl. The predicted octanol–water partition coefficient (Wildman–Crippen LogP) is 5.90. The second kappa shape index (κ2) is 6.81. The third-order valence-electron chi connectivity index (χ3n) is 2.87. The summed E-state index contributed by atoms with van der Waals surface area (Å²) >= 11 is 21.4. The first-order chi connectivity index (χ1) is 9.95. The Morgan fingerprint density at radius 1 is 1.14 bits per heavy atom. The smallest absolute Gasteiger partial charge is 0.185 e. The van der Waals surface area contributed by atoms with Gasteiger partial charge in [0.15, 0.2) is 5.78 Å². The number of Topliss-reactive ketones (excluding diaryl/α,β-unsaturated/α-hetero) is 1. The highest BCUT2D eigenvalue weighted by Gasteiger charge is 2.27. The second-order valence-electron chi connectivity index (χ2n) is 4.19. The summed E-state index contributed by atoms with van der Waals surface area (Å²) in [5.41, 5.74) is 0.616. The Morgan fingerprint density at radius 3 is 2.33 bits per heavy atom. The standard InChI is InChI=1S/C15H7BrCl3NO/c16-11-5-4-8(17)6-9(11)15(21)10(7-20)14-12(18)2-1-3-13(14)19/h1-6,10H. The van der Waals surface area contributed by atoms with Crippen LogP contribution in [-0.4, -0.2) is 5.78 Å². The lowest BCUT2D eigenvalue weighted by molar-refractivity contribution is 0.0978. The molecule has 0 radical (unpaired) electrons. The van der Waals surface area contributed by atoms with Crippen molar-refractivity contribution < 1.29 is 4.79 Å². The number of hydrogen-bond donors (Lipinski definition) is 0. The Hall–Kier alpha value is -1.05. The van der Waals surface area contributed by atoms with Gasteiger partial charge in [0.2, 0.25) is 0 Å². The molecule has 0 spiro atoms. The van der Waals surface area contributed by atoms with Crippen molar-refractivity contribution in [3.05, 3.63) is 67.1 Å². The summed E-state index contributed by atoms with van der Waals surface area (Å²) in [6.07, 6.45) is 0. The number of halogens is 4. The molecule has 0 aliphatic carbocycles. The van der Waals surface area contributed by atoms with E-state index in [-0.39, 0.29) is 10.0 Å². The molecule has 0 N–H and O–H groups in total. The maximum atomic E-state index is 12.6. The molecule has 0 saturated carbocycles. The number of carbonyl (C=O) groups excluding carboxylic acids is 1. The van der Waals surface area contributed by atoms with E-state index in [0.29, 0.717) is 20.6 Å². The van der Waals surface area contributed by atoms with Crippen LogP contribution in [-0.2, 0) is 0 Å². The molecule has 0 saturated heterocycles. The molecule has 2 nitrogen and oxygen atoms in total. The molecule has 2 aromatic rings. The Kier molecular flexibility index (Phi) is 5.29. The first-order valence-electron chi connectivity index (χ1n) is 5.78. The van der Waals surface area contributed by atoms with Crippen molar-refractivity contribution in [2.45, 2.75) is 5.92 Å². The molecule has 2 rings (SSSR count). The predicted molar refractivity (Wildman–Crippen MR) is 88.3 cm³/mol. The summed E-state index contributed by atoms with van der Waals surface area (Å²) in [6.45, 7) is 0. The number of rotatable bonds is 3. The monoisotopic (exact) mass is 401 g/mol. The van der Waals surface area contributed by atoms with Gasteiger partial charge < -0.3 is 0 Å². The van der Waals surface area contributed by atoms with Crippen molar-refractivity contribution in [2.24, 2.45) is 0 Å². The summed E-state index contributed by atoms with van der Waals surface area (Å²) in [7, 11) is 0. The lowest BCUT2D eigenvalue weighted by Gasteiger charge is -2.13. The third kappa shape index (κ3) is 3.41. The topological polar surface area (TPSA) is 40.9 Å². The van der Waals surface area contributed by atoms with Crippen LogP contribution < -0.4 is 0 Å². The normalized spacial score (nSPS) is 11.8.